The van der Waals surface area contributed by atoms with E-state index in [2.05, 4.69) is 41.5 Å². The van der Waals surface area contributed by atoms with Gasteiger partial charge >= 0.3 is 17.9 Å². The zero-order valence-corrected chi connectivity index (χ0v) is 44.7. The van der Waals surface area contributed by atoms with Crippen LogP contribution in [0.15, 0.2) is 72.8 Å². The molecule has 396 valence electrons. The number of aliphatic hydroxyl groups excluding tert-OH is 3. The van der Waals surface area contributed by atoms with Gasteiger partial charge in [0.2, 0.25) is 0 Å². The molecule has 15 nitrogen and oxygen atoms in total. The van der Waals surface area contributed by atoms with Crippen LogP contribution >= 0.6 is 0 Å². The Morgan fingerprint density at radius 2 is 0.625 bits per heavy atom. The molecule has 0 saturated heterocycles. The molecule has 3 aromatic carbocycles. The summed E-state index contributed by atoms with van der Waals surface area (Å²) in [4.78, 5) is 53.7. The molecule has 15 heteroatoms. The van der Waals surface area contributed by atoms with Crippen molar-refractivity contribution in [3.8, 4) is 51.4 Å². The first kappa shape index (κ1) is 58.9. The van der Waals surface area contributed by atoms with E-state index in [-0.39, 0.29) is 19.8 Å². The van der Waals surface area contributed by atoms with E-state index in [1.54, 1.807) is 114 Å². The Hall–Kier alpha value is -5.64. The SMILES string of the molecule is CC(C)CCCC(O)COC(=O)C(C)(C)Oc1ccc(-c2nc(-c3ccc(OC(C)(C)C(=O)OCC(O)CCCC(C)C)cc3)nc(-c3ccc(OC(C)(C)C(=O)OCC(O)CCCC(C)C)cc3)n2)cc1. The lowest BCUT2D eigenvalue weighted by molar-refractivity contribution is -0.162. The third-order valence-electron chi connectivity index (χ3n) is 11.7. The zero-order valence-electron chi connectivity index (χ0n) is 44.7. The molecule has 3 atom stereocenters. The van der Waals surface area contributed by atoms with Crippen molar-refractivity contribution in [3.63, 3.8) is 0 Å². The van der Waals surface area contributed by atoms with Crippen molar-refractivity contribution in [1.82, 2.24) is 15.0 Å². The lowest BCUT2D eigenvalue weighted by Crippen LogP contribution is -2.40. The Balaban J connectivity index is 1.55. The number of benzene rings is 3. The first-order chi connectivity index (χ1) is 33.8. The molecular formula is C57H81N3O12. The summed E-state index contributed by atoms with van der Waals surface area (Å²) in [6.45, 7) is 22.0. The molecule has 4 rings (SSSR count). The summed E-state index contributed by atoms with van der Waals surface area (Å²) >= 11 is 0. The molecule has 3 unspecified atom stereocenters. The van der Waals surface area contributed by atoms with Gasteiger partial charge in [-0.2, -0.15) is 0 Å². The highest BCUT2D eigenvalue weighted by molar-refractivity contribution is 5.80. The summed E-state index contributed by atoms with van der Waals surface area (Å²) in [7, 11) is 0. The molecule has 1 heterocycles. The Bertz CT molecular complexity index is 2030. The normalized spacial score (nSPS) is 13.4. The number of carbonyl (C=O) groups is 3. The molecule has 0 bridgehead atoms. The van der Waals surface area contributed by atoms with Gasteiger partial charge in [-0.1, -0.05) is 80.1 Å². The molecule has 3 N–H and O–H groups in total. The number of esters is 3. The fourth-order valence-electron chi connectivity index (χ4n) is 7.36. The van der Waals surface area contributed by atoms with Crippen LogP contribution in [0.4, 0.5) is 0 Å². The first-order valence-electron chi connectivity index (χ1n) is 25.5. The molecule has 0 radical (unpaired) electrons. The summed E-state index contributed by atoms with van der Waals surface area (Å²) in [5.41, 5.74) is -2.20. The van der Waals surface area contributed by atoms with Crippen molar-refractivity contribution >= 4 is 17.9 Å². The maximum atomic E-state index is 13.1. The number of hydrogen-bond acceptors (Lipinski definition) is 15. The second-order valence-electron chi connectivity index (χ2n) is 21.4. The summed E-state index contributed by atoms with van der Waals surface area (Å²) in [5.74, 6) is 1.94. The van der Waals surface area contributed by atoms with Crippen LogP contribution in [-0.4, -0.2) is 103 Å². The Labute approximate surface area is 427 Å². The number of nitrogens with zero attached hydrogens (tertiary/aromatic N) is 3. The highest BCUT2D eigenvalue weighted by atomic mass is 16.6. The summed E-state index contributed by atoms with van der Waals surface area (Å²) in [5, 5.41) is 31.1. The molecule has 0 aliphatic carbocycles. The van der Waals surface area contributed by atoms with Crippen LogP contribution in [0.25, 0.3) is 34.2 Å². The van der Waals surface area contributed by atoms with Gasteiger partial charge in [0.1, 0.15) is 37.1 Å². The molecule has 1 aromatic heterocycles. The third kappa shape index (κ3) is 19.8. The van der Waals surface area contributed by atoms with E-state index in [1.165, 1.54) is 0 Å². The average Bonchev–Trinajstić information content (AvgIpc) is 3.31. The molecule has 0 aliphatic heterocycles. The summed E-state index contributed by atoms with van der Waals surface area (Å²) < 4.78 is 34.6. The monoisotopic (exact) mass is 1000 g/mol. The van der Waals surface area contributed by atoms with Crippen LogP contribution in [0.2, 0.25) is 0 Å². The second-order valence-corrected chi connectivity index (χ2v) is 21.4. The highest BCUT2D eigenvalue weighted by Gasteiger charge is 2.35. The van der Waals surface area contributed by atoms with Crippen molar-refractivity contribution in [2.75, 3.05) is 19.8 Å². The Kier molecular flexibility index (Phi) is 22.4. The Morgan fingerprint density at radius 1 is 0.403 bits per heavy atom. The van der Waals surface area contributed by atoms with Gasteiger partial charge < -0.3 is 43.7 Å². The largest absolute Gasteiger partial charge is 0.476 e. The van der Waals surface area contributed by atoms with Gasteiger partial charge in [0, 0.05) is 16.7 Å². The van der Waals surface area contributed by atoms with Crippen LogP contribution in [0.3, 0.4) is 0 Å². The maximum Gasteiger partial charge on any atom is 0.349 e. The number of ether oxygens (including phenoxy) is 6. The van der Waals surface area contributed by atoms with Gasteiger partial charge in [-0.05, 0) is 151 Å². The molecule has 0 fully saturated rings. The molecule has 4 aromatic rings. The van der Waals surface area contributed by atoms with Crippen molar-refractivity contribution in [2.45, 2.75) is 176 Å². The standard InChI is InChI=1S/C57H81N3O12/c1-37(2)16-13-19-43(61)34-67-52(64)55(7,8)70-46-28-22-40(23-29-46)49-58-50(41-24-30-47(31-25-41)71-56(9,10)53(65)68-35-44(62)20-14-17-38(3)4)60-51(59-49)42-26-32-48(33-27-42)72-57(11,12)54(66)69-36-45(63)21-15-18-39(5)6/h22-33,37-39,43-45,61-63H,13-21,34-36H2,1-12H3. The minimum absolute atomic E-state index is 0.118. The minimum Gasteiger partial charge on any atom is -0.476 e. The summed E-state index contributed by atoms with van der Waals surface area (Å²) in [6, 6.07) is 20.8. The van der Waals surface area contributed by atoms with E-state index < -0.39 is 53.0 Å². The van der Waals surface area contributed by atoms with Crippen molar-refractivity contribution in [1.29, 1.82) is 0 Å². The smallest absolute Gasteiger partial charge is 0.349 e. The zero-order chi connectivity index (χ0) is 53.2. The molecule has 72 heavy (non-hydrogen) atoms. The average molecular weight is 1000 g/mol. The quantitative estimate of drug-likeness (QED) is 0.0328. The van der Waals surface area contributed by atoms with Crippen LogP contribution in [0.5, 0.6) is 17.2 Å². The van der Waals surface area contributed by atoms with Crippen molar-refractivity contribution < 1.29 is 58.1 Å². The molecule has 0 spiro atoms. The van der Waals surface area contributed by atoms with Crippen LogP contribution in [0, 0.1) is 17.8 Å². The number of hydrogen-bond donors (Lipinski definition) is 3. The van der Waals surface area contributed by atoms with Crippen molar-refractivity contribution in [2.24, 2.45) is 17.8 Å². The maximum absolute atomic E-state index is 13.1. The topological polar surface area (TPSA) is 206 Å². The molecular weight excluding hydrogens is 919 g/mol. The van der Waals surface area contributed by atoms with E-state index >= 15 is 0 Å². The highest BCUT2D eigenvalue weighted by Crippen LogP contribution is 2.31. The lowest BCUT2D eigenvalue weighted by atomic mass is 10.0. The van der Waals surface area contributed by atoms with Gasteiger partial charge in [-0.15, -0.1) is 0 Å². The third-order valence-corrected chi connectivity index (χ3v) is 11.7. The van der Waals surface area contributed by atoms with Gasteiger partial charge in [0.25, 0.3) is 0 Å². The van der Waals surface area contributed by atoms with Gasteiger partial charge in [-0.3, -0.25) is 0 Å². The predicted octanol–water partition coefficient (Wildman–Crippen LogP) is 10.5. The number of aliphatic hydroxyl groups is 3. The number of rotatable bonds is 30. The lowest BCUT2D eigenvalue weighted by Gasteiger charge is -2.25. The minimum atomic E-state index is -1.35. The van der Waals surface area contributed by atoms with Gasteiger partial charge in [0.15, 0.2) is 34.3 Å². The first-order valence-corrected chi connectivity index (χ1v) is 25.5. The van der Waals surface area contributed by atoms with Crippen LogP contribution < -0.4 is 14.2 Å². The molecule has 0 aliphatic rings. The Morgan fingerprint density at radius 3 is 0.833 bits per heavy atom. The van der Waals surface area contributed by atoms with E-state index in [4.69, 9.17) is 43.4 Å². The van der Waals surface area contributed by atoms with Crippen LogP contribution in [-0.2, 0) is 28.6 Å². The molecule has 0 amide bonds. The van der Waals surface area contributed by atoms with E-state index in [0.29, 0.717) is 88.4 Å². The summed E-state index contributed by atoms with van der Waals surface area (Å²) in [6.07, 6.45) is 4.80. The fraction of sp³-hybridized carbons (Fsp3) is 0.579. The van der Waals surface area contributed by atoms with Gasteiger partial charge in [0.05, 0.1) is 18.3 Å². The second kappa shape index (κ2) is 27.4. The molecule has 0 saturated carbocycles. The number of aromatic nitrogens is 3. The van der Waals surface area contributed by atoms with E-state index in [9.17, 15) is 29.7 Å². The van der Waals surface area contributed by atoms with Gasteiger partial charge in [-0.25, -0.2) is 29.3 Å². The van der Waals surface area contributed by atoms with E-state index in [1.807, 2.05) is 0 Å². The predicted molar refractivity (Wildman–Crippen MR) is 277 cm³/mol. The van der Waals surface area contributed by atoms with Crippen molar-refractivity contribution in [3.05, 3.63) is 72.8 Å². The fourth-order valence-corrected chi connectivity index (χ4v) is 7.36. The number of carbonyl (C=O) groups excluding carboxylic acids is 3. The van der Waals surface area contributed by atoms with Crippen LogP contribution in [0.1, 0.15) is 141 Å². The van der Waals surface area contributed by atoms with E-state index in [0.717, 1.165) is 38.5 Å².